The molecule has 1 aliphatic rings. The van der Waals surface area contributed by atoms with Gasteiger partial charge in [-0.05, 0) is 38.0 Å². The summed E-state index contributed by atoms with van der Waals surface area (Å²) >= 11 is 0. The minimum Gasteiger partial charge on any atom is -0.493 e. The van der Waals surface area contributed by atoms with Crippen molar-refractivity contribution < 1.29 is 19.1 Å². The maximum Gasteiger partial charge on any atom is 0.243 e. The first-order valence-corrected chi connectivity index (χ1v) is 9.92. The van der Waals surface area contributed by atoms with Crippen LogP contribution in [0.1, 0.15) is 37.9 Å². The van der Waals surface area contributed by atoms with Gasteiger partial charge in [0.1, 0.15) is 11.9 Å². The normalized spacial score (nSPS) is 14.3. The van der Waals surface area contributed by atoms with Gasteiger partial charge in [-0.2, -0.15) is 5.10 Å². The Labute approximate surface area is 170 Å². The number of nitrogens with zero attached hydrogens (tertiary/aromatic N) is 3. The van der Waals surface area contributed by atoms with Crippen LogP contribution in [0.5, 0.6) is 11.5 Å². The van der Waals surface area contributed by atoms with Gasteiger partial charge in [0.15, 0.2) is 11.5 Å². The predicted octanol–water partition coefficient (Wildman–Crippen LogP) is 2.43. The van der Waals surface area contributed by atoms with Crippen LogP contribution in [-0.4, -0.2) is 41.4 Å². The Morgan fingerprint density at radius 3 is 2.76 bits per heavy atom. The van der Waals surface area contributed by atoms with E-state index in [1.54, 1.807) is 16.7 Å². The van der Waals surface area contributed by atoms with E-state index in [-0.39, 0.29) is 11.8 Å². The molecule has 0 aliphatic carbocycles. The van der Waals surface area contributed by atoms with Crippen LogP contribution in [-0.2, 0) is 22.7 Å². The molecular weight excluding hydrogens is 372 g/mol. The highest BCUT2D eigenvalue weighted by molar-refractivity contribution is 6.00. The van der Waals surface area contributed by atoms with Gasteiger partial charge < -0.3 is 14.8 Å². The van der Waals surface area contributed by atoms with Gasteiger partial charge in [-0.15, -0.1) is 0 Å². The highest BCUT2D eigenvalue weighted by Crippen LogP contribution is 2.28. The molecule has 1 aromatic carbocycles. The van der Waals surface area contributed by atoms with E-state index < -0.39 is 6.04 Å². The van der Waals surface area contributed by atoms with Crippen LogP contribution in [0.3, 0.4) is 0 Å². The van der Waals surface area contributed by atoms with Gasteiger partial charge in [0.2, 0.25) is 11.8 Å². The molecule has 0 spiro atoms. The molecule has 0 fully saturated rings. The van der Waals surface area contributed by atoms with E-state index in [4.69, 9.17) is 9.47 Å². The van der Waals surface area contributed by atoms with Gasteiger partial charge in [-0.1, -0.05) is 13.0 Å². The molecule has 156 valence electrons. The molecule has 2 heterocycles. The average Bonchev–Trinajstić information content (AvgIpc) is 3.09. The zero-order chi connectivity index (χ0) is 21.0. The fraction of sp³-hybridized carbons (Fsp3) is 0.476. The maximum atomic E-state index is 12.9. The number of aromatic nitrogens is 2. The van der Waals surface area contributed by atoms with Crippen molar-refractivity contribution in [3.8, 4) is 11.5 Å². The second-order valence-corrected chi connectivity index (χ2v) is 6.94. The highest BCUT2D eigenvalue weighted by Gasteiger charge is 2.34. The van der Waals surface area contributed by atoms with E-state index >= 15 is 0 Å². The molecule has 2 aromatic rings. The lowest BCUT2D eigenvalue weighted by Crippen LogP contribution is -2.52. The fourth-order valence-electron chi connectivity index (χ4n) is 3.56. The number of methoxy groups -OCH3 is 1. The van der Waals surface area contributed by atoms with Crippen molar-refractivity contribution in [1.82, 2.24) is 15.1 Å². The minimum absolute atomic E-state index is 0.0536. The van der Waals surface area contributed by atoms with E-state index in [0.717, 1.165) is 11.3 Å². The third-order valence-electron chi connectivity index (χ3n) is 4.93. The molecule has 0 saturated carbocycles. The van der Waals surface area contributed by atoms with Gasteiger partial charge in [0, 0.05) is 19.0 Å². The quantitative estimate of drug-likeness (QED) is 0.736. The number of ether oxygens (including phenoxy) is 2. The Bertz CT molecular complexity index is 893. The summed E-state index contributed by atoms with van der Waals surface area (Å²) in [5.41, 5.74) is 1.72. The molecular formula is C21H28N4O4. The van der Waals surface area contributed by atoms with Crippen molar-refractivity contribution in [2.75, 3.05) is 18.6 Å². The van der Waals surface area contributed by atoms with Crippen LogP contribution >= 0.6 is 0 Å². The van der Waals surface area contributed by atoms with Gasteiger partial charge in [-0.25, -0.2) is 4.68 Å². The molecule has 0 unspecified atom stereocenters. The Morgan fingerprint density at radius 1 is 1.28 bits per heavy atom. The zero-order valence-electron chi connectivity index (χ0n) is 17.4. The number of hydrogen-bond donors (Lipinski definition) is 1. The first-order chi connectivity index (χ1) is 14.0. The average molecular weight is 400 g/mol. The van der Waals surface area contributed by atoms with Crippen LogP contribution in [0.25, 0.3) is 0 Å². The molecule has 8 heteroatoms. The minimum atomic E-state index is -0.581. The monoisotopic (exact) mass is 400 g/mol. The first-order valence-electron chi connectivity index (χ1n) is 9.92. The molecule has 1 aliphatic heterocycles. The lowest BCUT2D eigenvalue weighted by molar-refractivity contribution is -0.127. The molecule has 0 saturated heterocycles. The van der Waals surface area contributed by atoms with Crippen LogP contribution in [0, 0.1) is 6.92 Å². The summed E-state index contributed by atoms with van der Waals surface area (Å²) in [4.78, 5) is 27.1. The number of hydrogen-bond acceptors (Lipinski definition) is 5. The number of rotatable bonds is 8. The number of aryl methyl sites for hydroxylation is 2. The number of carbonyl (C=O) groups excluding carboxylic acids is 2. The number of nitrogens with one attached hydrogen (secondary N) is 1. The van der Waals surface area contributed by atoms with E-state index in [0.29, 0.717) is 49.9 Å². The van der Waals surface area contributed by atoms with Gasteiger partial charge >= 0.3 is 0 Å². The second-order valence-electron chi connectivity index (χ2n) is 6.94. The standard InChI is InChI=1S/C21H28N4O4/c1-5-16(25-19-11-14(3)23-24(19)10-9-20(25)26)21(27)22-13-15-7-8-17(29-6-2)18(12-15)28-4/h7-8,11-12,16H,5-6,9-10,13H2,1-4H3,(H,22,27)/t16-/m1/s1. The number of carbonyl (C=O) groups is 2. The summed E-state index contributed by atoms with van der Waals surface area (Å²) in [6.07, 6.45) is 0.850. The van der Waals surface area contributed by atoms with Crippen LogP contribution in [0.15, 0.2) is 24.3 Å². The predicted molar refractivity (Wildman–Crippen MR) is 109 cm³/mol. The molecule has 1 aromatic heterocycles. The summed E-state index contributed by atoms with van der Waals surface area (Å²) in [5.74, 6) is 1.72. The molecule has 1 N–H and O–H groups in total. The van der Waals surface area contributed by atoms with Crippen LogP contribution < -0.4 is 19.7 Å². The smallest absolute Gasteiger partial charge is 0.243 e. The van der Waals surface area contributed by atoms with E-state index in [2.05, 4.69) is 10.4 Å². The Balaban J connectivity index is 1.73. The number of benzene rings is 1. The third kappa shape index (κ3) is 4.36. The molecule has 0 bridgehead atoms. The number of fused-ring (bicyclic) bond motifs is 1. The summed E-state index contributed by atoms with van der Waals surface area (Å²) in [7, 11) is 1.58. The van der Waals surface area contributed by atoms with Gasteiger partial charge in [0.25, 0.3) is 0 Å². The van der Waals surface area contributed by atoms with E-state index in [1.807, 2.05) is 45.0 Å². The van der Waals surface area contributed by atoms with Crippen molar-refractivity contribution >= 4 is 17.6 Å². The molecule has 2 amide bonds. The largest absolute Gasteiger partial charge is 0.493 e. The lowest BCUT2D eigenvalue weighted by Gasteiger charge is -2.33. The molecule has 29 heavy (non-hydrogen) atoms. The summed E-state index contributed by atoms with van der Waals surface area (Å²) in [5, 5.41) is 7.36. The van der Waals surface area contributed by atoms with Crippen molar-refractivity contribution in [3.63, 3.8) is 0 Å². The lowest BCUT2D eigenvalue weighted by atomic mass is 10.1. The van der Waals surface area contributed by atoms with Crippen molar-refractivity contribution in [2.24, 2.45) is 0 Å². The fourth-order valence-corrected chi connectivity index (χ4v) is 3.56. The number of amides is 2. The number of anilines is 1. The van der Waals surface area contributed by atoms with Crippen LogP contribution in [0.4, 0.5) is 5.82 Å². The van der Waals surface area contributed by atoms with Crippen molar-refractivity contribution in [3.05, 3.63) is 35.5 Å². The maximum absolute atomic E-state index is 12.9. The second kappa shape index (κ2) is 8.98. The highest BCUT2D eigenvalue weighted by atomic mass is 16.5. The summed E-state index contributed by atoms with van der Waals surface area (Å²) in [6.45, 7) is 7.12. The van der Waals surface area contributed by atoms with Gasteiger partial charge in [-0.3, -0.25) is 14.5 Å². The van der Waals surface area contributed by atoms with Crippen LogP contribution in [0.2, 0.25) is 0 Å². The first kappa shape index (κ1) is 20.7. The van der Waals surface area contributed by atoms with Crippen molar-refractivity contribution in [1.29, 1.82) is 0 Å². The topological polar surface area (TPSA) is 85.7 Å². The molecule has 0 radical (unpaired) electrons. The summed E-state index contributed by atoms with van der Waals surface area (Å²) in [6, 6.07) is 6.83. The zero-order valence-corrected chi connectivity index (χ0v) is 17.4. The van der Waals surface area contributed by atoms with E-state index in [1.165, 1.54) is 0 Å². The third-order valence-corrected chi connectivity index (χ3v) is 4.93. The molecule has 8 nitrogen and oxygen atoms in total. The van der Waals surface area contributed by atoms with Gasteiger partial charge in [0.05, 0.1) is 26.0 Å². The molecule has 1 atom stereocenters. The van der Waals surface area contributed by atoms with E-state index in [9.17, 15) is 9.59 Å². The Morgan fingerprint density at radius 2 is 2.07 bits per heavy atom. The SMILES string of the molecule is CCOc1ccc(CNC(=O)[C@@H](CC)N2C(=O)CCn3nc(C)cc32)cc1OC. The van der Waals surface area contributed by atoms with Crippen molar-refractivity contribution in [2.45, 2.75) is 52.7 Å². The molecule has 3 rings (SSSR count). The Kier molecular flexibility index (Phi) is 6.41. The summed E-state index contributed by atoms with van der Waals surface area (Å²) < 4.78 is 12.7. The Hall–Kier alpha value is -3.03.